The van der Waals surface area contributed by atoms with E-state index >= 15 is 0 Å². The summed E-state index contributed by atoms with van der Waals surface area (Å²) < 4.78 is 17.4. The van der Waals surface area contributed by atoms with Crippen molar-refractivity contribution in [1.82, 2.24) is 9.88 Å². The summed E-state index contributed by atoms with van der Waals surface area (Å²) in [6.07, 6.45) is 5.99. The van der Waals surface area contributed by atoms with Crippen molar-refractivity contribution in [3.8, 4) is 16.9 Å². The number of fused-ring (bicyclic) bond motifs is 3. The first-order valence-electron chi connectivity index (χ1n) is 12.4. The highest BCUT2D eigenvalue weighted by Crippen LogP contribution is 2.29. The van der Waals surface area contributed by atoms with Gasteiger partial charge in [-0.05, 0) is 53.3 Å². The monoisotopic (exact) mass is 472 g/mol. The number of amides is 1. The fourth-order valence-electron chi connectivity index (χ4n) is 4.81. The summed E-state index contributed by atoms with van der Waals surface area (Å²) in [5, 5.41) is 0. The Morgan fingerprint density at radius 1 is 0.857 bits per heavy atom. The van der Waals surface area contributed by atoms with Gasteiger partial charge in [-0.3, -0.25) is 9.78 Å². The molecule has 6 nitrogen and oxygen atoms in total. The van der Waals surface area contributed by atoms with E-state index in [0.717, 1.165) is 47.3 Å². The molecule has 0 N–H and O–H groups in total. The van der Waals surface area contributed by atoms with E-state index in [9.17, 15) is 4.79 Å². The summed E-state index contributed by atoms with van der Waals surface area (Å²) in [4.78, 5) is 19.5. The second kappa shape index (κ2) is 11.5. The lowest BCUT2D eigenvalue weighted by molar-refractivity contribution is -0.140. The fourth-order valence-corrected chi connectivity index (χ4v) is 4.81. The molecule has 6 heteroatoms. The van der Waals surface area contributed by atoms with Crippen molar-refractivity contribution in [3.63, 3.8) is 0 Å². The van der Waals surface area contributed by atoms with E-state index in [1.807, 2.05) is 23.2 Å². The molecule has 0 saturated carbocycles. The largest absolute Gasteiger partial charge is 0.491 e. The van der Waals surface area contributed by atoms with Gasteiger partial charge in [-0.25, -0.2) is 0 Å². The molecular formula is C29H32N2O4. The van der Waals surface area contributed by atoms with Crippen LogP contribution in [0.3, 0.4) is 0 Å². The van der Waals surface area contributed by atoms with Crippen molar-refractivity contribution in [2.24, 2.45) is 5.92 Å². The third kappa shape index (κ3) is 6.08. The summed E-state index contributed by atoms with van der Waals surface area (Å²) in [6.45, 7) is 3.92. The maximum atomic E-state index is 13.3. The number of rotatable bonds is 2. The summed E-state index contributed by atoms with van der Waals surface area (Å²) in [5.74, 6) is 1.11. The van der Waals surface area contributed by atoms with Crippen molar-refractivity contribution in [2.75, 3.05) is 39.6 Å². The Morgan fingerprint density at radius 2 is 1.71 bits per heavy atom. The number of nitrogens with zero attached hydrogens (tertiary/aromatic N) is 2. The van der Waals surface area contributed by atoms with E-state index in [4.69, 9.17) is 14.2 Å². The van der Waals surface area contributed by atoms with E-state index in [0.29, 0.717) is 46.1 Å². The van der Waals surface area contributed by atoms with Crippen LogP contribution in [0.4, 0.5) is 0 Å². The first-order chi connectivity index (χ1) is 17.3. The van der Waals surface area contributed by atoms with Crippen LogP contribution >= 0.6 is 0 Å². The molecule has 5 rings (SSSR count). The van der Waals surface area contributed by atoms with Gasteiger partial charge < -0.3 is 19.1 Å². The molecule has 0 aliphatic carbocycles. The van der Waals surface area contributed by atoms with E-state index in [-0.39, 0.29) is 11.8 Å². The average Bonchev–Trinajstić information content (AvgIpc) is 2.91. The molecular weight excluding hydrogens is 440 g/mol. The number of carbonyl (C=O) groups excluding carboxylic acids is 1. The van der Waals surface area contributed by atoms with Gasteiger partial charge in [0.25, 0.3) is 0 Å². The van der Waals surface area contributed by atoms with Crippen LogP contribution in [-0.4, -0.2) is 55.4 Å². The second-order valence-corrected chi connectivity index (χ2v) is 9.17. The van der Waals surface area contributed by atoms with Gasteiger partial charge >= 0.3 is 0 Å². The van der Waals surface area contributed by atoms with Gasteiger partial charge in [0, 0.05) is 56.6 Å². The van der Waals surface area contributed by atoms with Crippen LogP contribution in [0.15, 0.2) is 67.0 Å². The Hall–Kier alpha value is -3.22. The molecule has 3 aromatic rings. The highest BCUT2D eigenvalue weighted by atomic mass is 16.5. The molecule has 1 saturated heterocycles. The molecule has 1 aromatic heterocycles. The van der Waals surface area contributed by atoms with E-state index < -0.39 is 0 Å². The molecule has 2 bridgehead atoms. The Balaban J connectivity index is 1.41. The Kier molecular flexibility index (Phi) is 7.71. The predicted molar refractivity (Wildman–Crippen MR) is 134 cm³/mol. The summed E-state index contributed by atoms with van der Waals surface area (Å²) in [5.41, 5.74) is 5.64. The smallest absolute Gasteiger partial charge is 0.226 e. The molecule has 182 valence electrons. The van der Waals surface area contributed by atoms with Gasteiger partial charge in [-0.15, -0.1) is 0 Å². The van der Waals surface area contributed by atoms with Crippen LogP contribution in [0.25, 0.3) is 11.1 Å². The molecule has 35 heavy (non-hydrogen) atoms. The van der Waals surface area contributed by atoms with Crippen molar-refractivity contribution in [1.29, 1.82) is 0 Å². The first kappa shape index (κ1) is 23.5. The van der Waals surface area contributed by atoms with E-state index in [1.54, 1.807) is 6.20 Å². The topological polar surface area (TPSA) is 60.9 Å². The molecule has 2 aliphatic heterocycles. The third-order valence-electron chi connectivity index (χ3n) is 6.69. The van der Waals surface area contributed by atoms with Crippen LogP contribution in [0, 0.1) is 5.92 Å². The maximum absolute atomic E-state index is 13.3. The minimum Gasteiger partial charge on any atom is -0.491 e. The van der Waals surface area contributed by atoms with Crippen molar-refractivity contribution < 1.29 is 19.0 Å². The van der Waals surface area contributed by atoms with Crippen molar-refractivity contribution in [2.45, 2.75) is 25.8 Å². The van der Waals surface area contributed by atoms with Crippen molar-refractivity contribution >= 4 is 5.91 Å². The zero-order valence-corrected chi connectivity index (χ0v) is 20.0. The van der Waals surface area contributed by atoms with Crippen LogP contribution < -0.4 is 4.74 Å². The summed E-state index contributed by atoms with van der Waals surface area (Å²) in [7, 11) is 0. The number of ether oxygens (including phenoxy) is 3. The third-order valence-corrected chi connectivity index (χ3v) is 6.69. The van der Waals surface area contributed by atoms with Crippen LogP contribution in [0.5, 0.6) is 5.75 Å². The van der Waals surface area contributed by atoms with Gasteiger partial charge in [0.15, 0.2) is 0 Å². The minimum absolute atomic E-state index is 0.0342. The average molecular weight is 473 g/mol. The lowest BCUT2D eigenvalue weighted by atomic mass is 9.97. The molecule has 0 atom stereocenters. The number of carbonyl (C=O) groups is 1. The molecule has 2 aliphatic rings. The Morgan fingerprint density at radius 3 is 2.57 bits per heavy atom. The lowest BCUT2D eigenvalue weighted by Gasteiger charge is -2.29. The lowest BCUT2D eigenvalue weighted by Crippen LogP contribution is -2.40. The highest BCUT2D eigenvalue weighted by Gasteiger charge is 2.26. The molecule has 0 radical (unpaired) electrons. The Bertz CT molecular complexity index is 1130. The molecule has 2 aromatic carbocycles. The highest BCUT2D eigenvalue weighted by molar-refractivity contribution is 5.79. The Labute approximate surface area is 206 Å². The zero-order valence-electron chi connectivity index (χ0n) is 20.0. The molecule has 0 spiro atoms. The SMILES string of the molecule is O=C(C1CCOCC1)N1CCOCCOc2ccc(-c3cccnc3)cc2Cc2cccc(c2)C1. The second-order valence-electron chi connectivity index (χ2n) is 9.17. The zero-order chi connectivity index (χ0) is 23.9. The van der Waals surface area contributed by atoms with Gasteiger partial charge in [0.1, 0.15) is 12.4 Å². The molecule has 0 unspecified atom stereocenters. The predicted octanol–water partition coefficient (Wildman–Crippen LogP) is 4.50. The number of aromatic nitrogens is 1. The fraction of sp³-hybridized carbons (Fsp3) is 0.379. The van der Waals surface area contributed by atoms with Gasteiger partial charge in [-0.2, -0.15) is 0 Å². The van der Waals surface area contributed by atoms with Crippen LogP contribution in [-0.2, 0) is 27.2 Å². The first-order valence-corrected chi connectivity index (χ1v) is 12.4. The number of pyridine rings is 1. The normalized spacial score (nSPS) is 17.7. The number of hydrogen-bond donors (Lipinski definition) is 0. The van der Waals surface area contributed by atoms with Gasteiger partial charge in [-0.1, -0.05) is 36.4 Å². The van der Waals surface area contributed by atoms with E-state index in [1.165, 1.54) is 5.56 Å². The maximum Gasteiger partial charge on any atom is 0.226 e. The molecule has 1 fully saturated rings. The minimum atomic E-state index is 0.0342. The molecule has 3 heterocycles. The quantitative estimate of drug-likeness (QED) is 0.550. The number of hydrogen-bond acceptors (Lipinski definition) is 5. The van der Waals surface area contributed by atoms with E-state index in [2.05, 4.69) is 47.4 Å². The number of benzene rings is 2. The molecule has 1 amide bonds. The van der Waals surface area contributed by atoms with Crippen LogP contribution in [0.1, 0.15) is 29.5 Å². The summed E-state index contributed by atoms with van der Waals surface area (Å²) in [6, 6.07) is 18.9. The standard InChI is InChI=1S/C29H32N2O4/c32-29(24-8-12-33-13-9-24)31-11-14-34-15-16-35-28-7-6-25(26-5-2-10-30-20-26)19-27(28)18-22-3-1-4-23(17-22)21-31/h1-7,10,17,19-20,24H,8-9,11-16,18,21H2. The van der Waals surface area contributed by atoms with Gasteiger partial charge in [0.05, 0.1) is 13.2 Å². The van der Waals surface area contributed by atoms with Crippen molar-refractivity contribution in [3.05, 3.63) is 83.7 Å². The van der Waals surface area contributed by atoms with Crippen LogP contribution in [0.2, 0.25) is 0 Å². The van der Waals surface area contributed by atoms with Gasteiger partial charge in [0.2, 0.25) is 5.91 Å². The summed E-state index contributed by atoms with van der Waals surface area (Å²) >= 11 is 0.